The van der Waals surface area contributed by atoms with Gasteiger partial charge in [0, 0.05) is 30.6 Å². The molecule has 1 amide bonds. The molecule has 1 N–H and O–H groups in total. The fourth-order valence-corrected chi connectivity index (χ4v) is 5.71. The summed E-state index contributed by atoms with van der Waals surface area (Å²) in [5.74, 6) is -0.0965. The predicted octanol–water partition coefficient (Wildman–Crippen LogP) is 3.89. The van der Waals surface area contributed by atoms with Gasteiger partial charge in [-0.2, -0.15) is 0 Å². The van der Waals surface area contributed by atoms with E-state index >= 15 is 0 Å². The molecule has 5 nitrogen and oxygen atoms in total. The summed E-state index contributed by atoms with van der Waals surface area (Å²) < 4.78 is 26.8. The molecular formula is C21H29ClN2O3S. The number of allylic oxidation sites excluding steroid dienone is 1. The van der Waals surface area contributed by atoms with Crippen molar-refractivity contribution in [2.75, 3.05) is 19.6 Å². The molecule has 1 aromatic carbocycles. The first-order valence-electron chi connectivity index (χ1n) is 10.1. The Hall–Kier alpha value is -1.37. The third-order valence-corrected chi connectivity index (χ3v) is 7.67. The number of carbonyl (C=O) groups is 1. The molecule has 0 aromatic heterocycles. The average Bonchev–Trinajstić information content (AvgIpc) is 2.68. The molecule has 7 heteroatoms. The molecule has 1 fully saturated rings. The van der Waals surface area contributed by atoms with E-state index in [4.69, 9.17) is 11.6 Å². The number of hydrogen-bond acceptors (Lipinski definition) is 3. The zero-order valence-electron chi connectivity index (χ0n) is 16.2. The number of rotatable bonds is 7. The highest BCUT2D eigenvalue weighted by Gasteiger charge is 2.31. The summed E-state index contributed by atoms with van der Waals surface area (Å²) in [5, 5.41) is 3.57. The standard InChI is InChI=1S/C21H29ClN2O3S/c22-20-8-4-7-18(15-20)16-28(26,27)24-13-10-19(11-14-24)21(25)23-12-9-17-5-2-1-3-6-17/h4-5,7-8,15,19H,1-3,6,9-14,16H2,(H,23,25). The van der Waals surface area contributed by atoms with E-state index in [1.807, 2.05) is 0 Å². The maximum Gasteiger partial charge on any atom is 0.223 e. The summed E-state index contributed by atoms with van der Waals surface area (Å²) in [5.41, 5.74) is 2.14. The van der Waals surface area contributed by atoms with Gasteiger partial charge in [0.15, 0.2) is 0 Å². The van der Waals surface area contributed by atoms with Crippen LogP contribution in [0.15, 0.2) is 35.9 Å². The third-order valence-electron chi connectivity index (χ3n) is 5.59. The Morgan fingerprint density at radius 1 is 1.21 bits per heavy atom. The molecule has 0 radical (unpaired) electrons. The van der Waals surface area contributed by atoms with Crippen molar-refractivity contribution in [2.45, 2.75) is 50.7 Å². The Morgan fingerprint density at radius 3 is 2.68 bits per heavy atom. The number of nitrogens with zero attached hydrogens (tertiary/aromatic N) is 1. The van der Waals surface area contributed by atoms with Crippen LogP contribution in [0.2, 0.25) is 5.02 Å². The van der Waals surface area contributed by atoms with E-state index in [9.17, 15) is 13.2 Å². The van der Waals surface area contributed by atoms with Gasteiger partial charge in [-0.3, -0.25) is 4.79 Å². The van der Waals surface area contributed by atoms with Crippen LogP contribution in [-0.2, 0) is 20.6 Å². The van der Waals surface area contributed by atoms with Crippen molar-refractivity contribution in [1.29, 1.82) is 0 Å². The first-order valence-corrected chi connectivity index (χ1v) is 12.1. The molecule has 0 spiro atoms. The molecule has 1 saturated heterocycles. The predicted molar refractivity (Wildman–Crippen MR) is 113 cm³/mol. The van der Waals surface area contributed by atoms with Crippen LogP contribution in [0.3, 0.4) is 0 Å². The fourth-order valence-electron chi connectivity index (χ4n) is 3.95. The van der Waals surface area contributed by atoms with Crippen LogP contribution in [-0.4, -0.2) is 38.3 Å². The highest BCUT2D eigenvalue weighted by molar-refractivity contribution is 7.88. The van der Waals surface area contributed by atoms with Crippen molar-refractivity contribution in [2.24, 2.45) is 5.92 Å². The van der Waals surface area contributed by atoms with Gasteiger partial charge in [0.25, 0.3) is 0 Å². The zero-order chi connectivity index (χ0) is 20.0. The highest BCUT2D eigenvalue weighted by Crippen LogP contribution is 2.23. The van der Waals surface area contributed by atoms with Gasteiger partial charge in [-0.25, -0.2) is 12.7 Å². The van der Waals surface area contributed by atoms with E-state index in [0.29, 0.717) is 43.1 Å². The molecule has 0 unspecified atom stereocenters. The van der Waals surface area contributed by atoms with Crippen LogP contribution in [0.25, 0.3) is 0 Å². The van der Waals surface area contributed by atoms with E-state index in [-0.39, 0.29) is 17.6 Å². The molecule has 0 atom stereocenters. The van der Waals surface area contributed by atoms with Gasteiger partial charge >= 0.3 is 0 Å². The monoisotopic (exact) mass is 424 g/mol. The van der Waals surface area contributed by atoms with Crippen LogP contribution in [0.5, 0.6) is 0 Å². The molecule has 0 bridgehead atoms. The van der Waals surface area contributed by atoms with Gasteiger partial charge in [0.2, 0.25) is 15.9 Å². The molecule has 1 heterocycles. The van der Waals surface area contributed by atoms with Gasteiger partial charge < -0.3 is 5.32 Å². The van der Waals surface area contributed by atoms with Crippen LogP contribution >= 0.6 is 11.6 Å². The number of amides is 1. The summed E-state index contributed by atoms with van der Waals surface area (Å²) in [6, 6.07) is 6.94. The Labute approximate surface area is 173 Å². The maximum atomic E-state index is 12.7. The van der Waals surface area contributed by atoms with Crippen LogP contribution < -0.4 is 5.32 Å². The zero-order valence-corrected chi connectivity index (χ0v) is 17.8. The molecule has 3 rings (SSSR count). The van der Waals surface area contributed by atoms with Crippen LogP contribution in [0.4, 0.5) is 0 Å². The minimum absolute atomic E-state index is 0.0560. The van der Waals surface area contributed by atoms with E-state index in [1.54, 1.807) is 24.3 Å². The second-order valence-corrected chi connectivity index (χ2v) is 10.1. The van der Waals surface area contributed by atoms with E-state index in [1.165, 1.54) is 22.7 Å². The lowest BCUT2D eigenvalue weighted by Gasteiger charge is -2.30. The Balaban J connectivity index is 1.44. The van der Waals surface area contributed by atoms with Gasteiger partial charge in [-0.1, -0.05) is 35.4 Å². The van der Waals surface area contributed by atoms with Crippen molar-refractivity contribution in [1.82, 2.24) is 9.62 Å². The van der Waals surface area contributed by atoms with Crippen molar-refractivity contribution < 1.29 is 13.2 Å². The lowest BCUT2D eigenvalue weighted by Crippen LogP contribution is -2.43. The number of sulfonamides is 1. The van der Waals surface area contributed by atoms with E-state index in [2.05, 4.69) is 11.4 Å². The summed E-state index contributed by atoms with van der Waals surface area (Å²) >= 11 is 5.95. The van der Waals surface area contributed by atoms with Crippen molar-refractivity contribution >= 4 is 27.5 Å². The molecule has 2 aliphatic rings. The number of carbonyl (C=O) groups excluding carboxylic acids is 1. The Bertz CT molecular complexity index is 815. The molecule has 1 aromatic rings. The van der Waals surface area contributed by atoms with Gasteiger partial charge in [0.1, 0.15) is 0 Å². The number of hydrogen-bond donors (Lipinski definition) is 1. The summed E-state index contributed by atoms with van der Waals surface area (Å²) in [6.45, 7) is 1.47. The maximum absolute atomic E-state index is 12.7. The third kappa shape index (κ3) is 6.06. The molecular weight excluding hydrogens is 396 g/mol. The lowest BCUT2D eigenvalue weighted by molar-refractivity contribution is -0.126. The Morgan fingerprint density at radius 2 is 2.00 bits per heavy atom. The smallest absolute Gasteiger partial charge is 0.223 e. The van der Waals surface area contributed by atoms with Gasteiger partial charge in [-0.15, -0.1) is 0 Å². The van der Waals surface area contributed by atoms with E-state index < -0.39 is 10.0 Å². The fraction of sp³-hybridized carbons (Fsp3) is 0.571. The molecule has 1 aliphatic heterocycles. The average molecular weight is 425 g/mol. The summed E-state index contributed by atoms with van der Waals surface area (Å²) in [6.07, 6.45) is 9.21. The topological polar surface area (TPSA) is 66.5 Å². The van der Waals surface area contributed by atoms with Gasteiger partial charge in [-0.05, 0) is 62.6 Å². The van der Waals surface area contributed by atoms with E-state index in [0.717, 1.165) is 19.3 Å². The number of benzene rings is 1. The van der Waals surface area contributed by atoms with Gasteiger partial charge in [0.05, 0.1) is 5.75 Å². The highest BCUT2D eigenvalue weighted by atomic mass is 35.5. The lowest BCUT2D eigenvalue weighted by atomic mass is 9.96. The molecule has 154 valence electrons. The Kier molecular flexibility index (Phi) is 7.55. The summed E-state index contributed by atoms with van der Waals surface area (Å²) in [7, 11) is -3.40. The SMILES string of the molecule is O=C(NCCC1=CCCCC1)C1CCN(S(=O)(=O)Cc2cccc(Cl)c2)CC1. The quantitative estimate of drug-likeness (QED) is 0.675. The minimum atomic E-state index is -3.40. The van der Waals surface area contributed by atoms with Crippen molar-refractivity contribution in [3.05, 3.63) is 46.5 Å². The first-order chi connectivity index (χ1) is 13.4. The minimum Gasteiger partial charge on any atom is -0.356 e. The number of piperidine rings is 1. The molecule has 0 saturated carbocycles. The number of halogens is 1. The largest absolute Gasteiger partial charge is 0.356 e. The van der Waals surface area contributed by atoms with Crippen LogP contribution in [0, 0.1) is 5.92 Å². The normalized spacial score (nSPS) is 19.2. The number of nitrogens with one attached hydrogen (secondary N) is 1. The van der Waals surface area contributed by atoms with Crippen LogP contribution in [0.1, 0.15) is 50.5 Å². The second kappa shape index (κ2) is 9.90. The first kappa shape index (κ1) is 21.3. The summed E-state index contributed by atoms with van der Waals surface area (Å²) in [4.78, 5) is 12.4. The molecule has 1 aliphatic carbocycles. The molecule has 28 heavy (non-hydrogen) atoms. The second-order valence-electron chi connectivity index (χ2n) is 7.71. The van der Waals surface area contributed by atoms with Crippen molar-refractivity contribution in [3.8, 4) is 0 Å². The van der Waals surface area contributed by atoms with Crippen molar-refractivity contribution in [3.63, 3.8) is 0 Å².